The van der Waals surface area contributed by atoms with Gasteiger partial charge in [0.25, 0.3) is 10.0 Å². The van der Waals surface area contributed by atoms with Crippen LogP contribution in [0.25, 0.3) is 15.5 Å². The number of rotatable bonds is 8. The molecule has 4 aromatic carbocycles. The standard InChI is InChI=1S/C28H31N4O4S2.C2H3N/c1-19-7-11-21(12-8-19)37(33,34)29-23-15-17-25(31(3)4)28-26(32(5)6)18-16-24(27(23)28)30-38(35,36)22-13-9-20(2)10-14-22;1-2-3/h7-18,29H,1-6H3;1H3/q-1;/p+1. The Morgan fingerprint density at radius 3 is 1.78 bits per heavy atom. The molecule has 0 saturated heterocycles. The fourth-order valence-corrected chi connectivity index (χ4v) is 6.29. The van der Waals surface area contributed by atoms with Crippen molar-refractivity contribution >= 4 is 53.6 Å². The highest BCUT2D eigenvalue weighted by Gasteiger charge is 2.21. The molecule has 0 bridgehead atoms. The Labute approximate surface area is 243 Å². The number of aryl methyl sites for hydroxylation is 2. The molecule has 0 fully saturated rings. The molecular weight excluding hydrogens is 558 g/mol. The maximum Gasteiger partial charge on any atom is 0.261 e. The molecule has 216 valence electrons. The van der Waals surface area contributed by atoms with E-state index in [1.165, 1.54) is 31.2 Å². The normalized spacial score (nSPS) is 11.4. The molecule has 4 aromatic rings. The van der Waals surface area contributed by atoms with E-state index in [9.17, 15) is 16.8 Å². The molecule has 0 atom stereocenters. The number of nitriles is 1. The van der Waals surface area contributed by atoms with Crippen LogP contribution in [0, 0.1) is 25.2 Å². The van der Waals surface area contributed by atoms with Gasteiger partial charge in [-0.1, -0.05) is 41.5 Å². The molecular formula is C30H35N5O4S2. The Morgan fingerprint density at radius 2 is 1.29 bits per heavy atom. The monoisotopic (exact) mass is 593 g/mol. The van der Waals surface area contributed by atoms with Crippen LogP contribution in [0.5, 0.6) is 0 Å². The highest BCUT2D eigenvalue weighted by Crippen LogP contribution is 2.45. The van der Waals surface area contributed by atoms with Gasteiger partial charge in [-0.05, 0) is 61.7 Å². The number of fused-ring (bicyclic) bond motifs is 1. The fraction of sp³-hybridized carbons (Fsp3) is 0.233. The number of nitrogens with zero attached hydrogens (tertiary/aromatic N) is 3. The molecule has 41 heavy (non-hydrogen) atoms. The molecule has 0 radical (unpaired) electrons. The molecule has 2 N–H and O–H groups in total. The Kier molecular flexibility index (Phi) is 9.65. The minimum Gasteiger partial charge on any atom is -0.572 e. The smallest absolute Gasteiger partial charge is 0.261 e. The number of anilines is 2. The van der Waals surface area contributed by atoms with E-state index >= 15 is 0 Å². The first kappa shape index (κ1) is 31.4. The predicted octanol–water partition coefficient (Wildman–Crippen LogP) is 5.02. The summed E-state index contributed by atoms with van der Waals surface area (Å²) in [4.78, 5) is 3.06. The van der Waals surface area contributed by atoms with Gasteiger partial charge in [-0.25, -0.2) is 16.8 Å². The van der Waals surface area contributed by atoms with Gasteiger partial charge in [0.05, 0.1) is 46.7 Å². The zero-order chi connectivity index (χ0) is 30.5. The molecule has 0 heterocycles. The third-order valence-corrected chi connectivity index (χ3v) is 8.94. The molecule has 0 aromatic heterocycles. The van der Waals surface area contributed by atoms with Crippen molar-refractivity contribution in [3.63, 3.8) is 0 Å². The molecule has 0 aliphatic carbocycles. The highest BCUT2D eigenvalue weighted by atomic mass is 32.2. The van der Waals surface area contributed by atoms with Gasteiger partial charge in [-0.15, -0.1) is 5.69 Å². The van der Waals surface area contributed by atoms with Crippen molar-refractivity contribution in [1.29, 1.82) is 5.26 Å². The summed E-state index contributed by atoms with van der Waals surface area (Å²) >= 11 is 0. The number of quaternary nitrogens is 1. The molecule has 9 nitrogen and oxygen atoms in total. The number of nitrogens with one attached hydrogen (secondary N) is 2. The van der Waals surface area contributed by atoms with Crippen LogP contribution in [0.3, 0.4) is 0 Å². The lowest BCUT2D eigenvalue weighted by molar-refractivity contribution is -0.785. The number of hydrogen-bond acceptors (Lipinski definition) is 6. The van der Waals surface area contributed by atoms with Crippen molar-refractivity contribution in [2.75, 3.05) is 37.8 Å². The Morgan fingerprint density at radius 1 is 0.780 bits per heavy atom. The second kappa shape index (κ2) is 12.6. The van der Waals surface area contributed by atoms with E-state index in [1.54, 1.807) is 42.5 Å². The zero-order valence-corrected chi connectivity index (χ0v) is 25.9. The summed E-state index contributed by atoms with van der Waals surface area (Å²) in [5.74, 6) is 0. The van der Waals surface area contributed by atoms with Gasteiger partial charge in [0.1, 0.15) is 15.7 Å². The van der Waals surface area contributed by atoms with Gasteiger partial charge in [-0.2, -0.15) is 5.26 Å². The second-order valence-corrected chi connectivity index (χ2v) is 13.2. The van der Waals surface area contributed by atoms with E-state index < -0.39 is 20.0 Å². The van der Waals surface area contributed by atoms with E-state index in [1.807, 2.05) is 59.1 Å². The lowest BCUT2D eigenvalue weighted by Crippen LogP contribution is -3.00. The summed E-state index contributed by atoms with van der Waals surface area (Å²) in [6, 6.07) is 21.7. The number of sulfonamides is 2. The zero-order valence-electron chi connectivity index (χ0n) is 24.2. The average molecular weight is 594 g/mol. The number of hydrogen-bond donors (Lipinski definition) is 2. The van der Waals surface area contributed by atoms with Crippen LogP contribution < -0.4 is 14.5 Å². The second-order valence-electron chi connectivity index (χ2n) is 9.93. The molecule has 0 amide bonds. The van der Waals surface area contributed by atoms with Crippen molar-refractivity contribution in [1.82, 2.24) is 0 Å². The van der Waals surface area contributed by atoms with Gasteiger partial charge in [-0.3, -0.25) is 4.72 Å². The molecule has 0 spiro atoms. The third kappa shape index (κ3) is 7.16. The summed E-state index contributed by atoms with van der Waals surface area (Å²) in [7, 11) is -0.370. The molecule has 0 saturated carbocycles. The van der Waals surface area contributed by atoms with Crippen LogP contribution in [0.4, 0.5) is 22.7 Å². The van der Waals surface area contributed by atoms with Crippen molar-refractivity contribution in [3.8, 4) is 6.07 Å². The highest BCUT2D eigenvalue weighted by molar-refractivity contribution is 7.94. The summed E-state index contributed by atoms with van der Waals surface area (Å²) < 4.78 is 60.3. The third-order valence-electron chi connectivity index (χ3n) is 6.25. The van der Waals surface area contributed by atoms with Crippen LogP contribution in [-0.2, 0) is 20.0 Å². The summed E-state index contributed by atoms with van der Waals surface area (Å²) in [5.41, 5.74) is 3.93. The summed E-state index contributed by atoms with van der Waals surface area (Å²) in [6.45, 7) is 5.18. The van der Waals surface area contributed by atoms with E-state index in [0.717, 1.165) is 27.4 Å². The SMILES string of the molecule is CC#N.Cc1ccc(S(=O)(=O)[N-]c2ccc([NH+](C)C)c3c(N(C)C)ccc(NS(=O)(=O)c4ccc(C)cc4)c23)cc1. The van der Waals surface area contributed by atoms with Gasteiger partial charge in [0.2, 0.25) is 0 Å². The molecule has 4 rings (SSSR count). The van der Waals surface area contributed by atoms with Crippen molar-refractivity contribution in [3.05, 3.63) is 88.6 Å². The van der Waals surface area contributed by atoms with Crippen LogP contribution in [0.15, 0.2) is 82.6 Å². The Bertz CT molecular complexity index is 1670. The predicted molar refractivity (Wildman–Crippen MR) is 165 cm³/mol. The molecule has 0 unspecified atom stereocenters. The minimum absolute atomic E-state index is 0.0594. The summed E-state index contributed by atoms with van der Waals surface area (Å²) in [5, 5.41) is 8.43. The topological polar surface area (TPSA) is 126 Å². The van der Waals surface area contributed by atoms with Crippen molar-refractivity contribution < 1.29 is 21.7 Å². The first-order chi connectivity index (χ1) is 19.2. The van der Waals surface area contributed by atoms with Crippen molar-refractivity contribution in [2.24, 2.45) is 0 Å². The fourth-order valence-electron chi connectivity index (χ4n) is 4.22. The van der Waals surface area contributed by atoms with E-state index in [2.05, 4.69) is 9.44 Å². The van der Waals surface area contributed by atoms with Crippen LogP contribution in [-0.4, -0.2) is 45.0 Å². The van der Waals surface area contributed by atoms with Crippen molar-refractivity contribution in [2.45, 2.75) is 30.6 Å². The number of benzene rings is 4. The van der Waals surface area contributed by atoms with E-state index in [4.69, 9.17) is 5.26 Å². The Balaban J connectivity index is 0.00000147. The Hall–Kier alpha value is -4.11. The molecule has 11 heteroatoms. The van der Waals surface area contributed by atoms with E-state index in [-0.39, 0.29) is 21.2 Å². The largest absolute Gasteiger partial charge is 0.572 e. The maximum atomic E-state index is 13.4. The van der Waals surface area contributed by atoms with Gasteiger partial charge in [0, 0.05) is 21.0 Å². The van der Waals surface area contributed by atoms with Crippen LogP contribution in [0.1, 0.15) is 18.1 Å². The first-order valence-electron chi connectivity index (χ1n) is 12.7. The van der Waals surface area contributed by atoms with Crippen LogP contribution >= 0.6 is 0 Å². The van der Waals surface area contributed by atoms with Gasteiger partial charge in [0.15, 0.2) is 0 Å². The lowest BCUT2D eigenvalue weighted by Gasteiger charge is -2.28. The van der Waals surface area contributed by atoms with Gasteiger partial charge < -0.3 is 14.5 Å². The average Bonchev–Trinajstić information content (AvgIpc) is 2.89. The minimum atomic E-state index is -4.08. The maximum absolute atomic E-state index is 13.4. The first-order valence-corrected chi connectivity index (χ1v) is 15.7. The molecule has 0 aliphatic heterocycles. The molecule has 0 aliphatic rings. The van der Waals surface area contributed by atoms with Crippen LogP contribution in [0.2, 0.25) is 0 Å². The quantitative estimate of drug-likeness (QED) is 0.295. The lowest BCUT2D eigenvalue weighted by atomic mass is 10.0. The summed E-state index contributed by atoms with van der Waals surface area (Å²) in [6.07, 6.45) is 0. The van der Waals surface area contributed by atoms with Gasteiger partial charge >= 0.3 is 0 Å². The van der Waals surface area contributed by atoms with E-state index in [0.29, 0.717) is 10.8 Å².